The van der Waals surface area contributed by atoms with Gasteiger partial charge in [0.25, 0.3) is 0 Å². The zero-order valence-corrected chi connectivity index (χ0v) is 11.2. The van der Waals surface area contributed by atoms with E-state index >= 15 is 0 Å². The molecule has 0 amide bonds. The number of ether oxygens (including phenoxy) is 2. The lowest BCUT2D eigenvalue weighted by Crippen LogP contribution is -2.06. The van der Waals surface area contributed by atoms with Crippen LogP contribution < -0.4 is 15.2 Å². The van der Waals surface area contributed by atoms with Crippen LogP contribution in [0.3, 0.4) is 0 Å². The molecule has 0 unspecified atom stereocenters. The van der Waals surface area contributed by atoms with Crippen molar-refractivity contribution in [3.8, 4) is 17.2 Å². The molecule has 100 valence electrons. The summed E-state index contributed by atoms with van der Waals surface area (Å²) in [6.45, 7) is 4.44. The van der Waals surface area contributed by atoms with Crippen LogP contribution in [0.2, 0.25) is 0 Å². The Morgan fingerprint density at radius 2 is 1.89 bits per heavy atom. The molecule has 4 heteroatoms. The highest BCUT2D eigenvalue weighted by Crippen LogP contribution is 2.31. The molecular weight excluding hydrogens is 240 g/mol. The molecule has 2 aromatic rings. The summed E-state index contributed by atoms with van der Waals surface area (Å²) in [6.07, 6.45) is 1.67. The first-order valence-electron chi connectivity index (χ1n) is 6.32. The minimum atomic E-state index is -0.0789. The second-order valence-corrected chi connectivity index (χ2v) is 4.19. The summed E-state index contributed by atoms with van der Waals surface area (Å²) in [5.41, 5.74) is 6.60. The van der Waals surface area contributed by atoms with Crippen LogP contribution in [-0.2, 0) is 0 Å². The maximum atomic E-state index is 5.77. The van der Waals surface area contributed by atoms with E-state index in [0.717, 1.165) is 11.4 Å². The monoisotopic (exact) mass is 258 g/mol. The van der Waals surface area contributed by atoms with Crippen molar-refractivity contribution in [1.29, 1.82) is 0 Å². The van der Waals surface area contributed by atoms with Crippen molar-refractivity contribution >= 4 is 0 Å². The first-order valence-corrected chi connectivity index (χ1v) is 6.32. The normalized spacial score (nSPS) is 11.9. The Bertz CT molecular complexity index is 524. The minimum Gasteiger partial charge on any atom is -0.490 e. The van der Waals surface area contributed by atoms with Gasteiger partial charge in [-0.2, -0.15) is 0 Å². The molecule has 1 aromatic carbocycles. The van der Waals surface area contributed by atoms with Gasteiger partial charge in [0.1, 0.15) is 5.75 Å². The Morgan fingerprint density at radius 3 is 2.47 bits per heavy atom. The Morgan fingerprint density at radius 1 is 1.16 bits per heavy atom. The highest BCUT2D eigenvalue weighted by atomic mass is 16.5. The Balaban J connectivity index is 2.16. The summed E-state index contributed by atoms with van der Waals surface area (Å²) in [7, 11) is 0. The van der Waals surface area contributed by atoms with Crippen molar-refractivity contribution in [2.45, 2.75) is 19.9 Å². The maximum Gasteiger partial charge on any atom is 0.169 e. The molecule has 19 heavy (non-hydrogen) atoms. The van der Waals surface area contributed by atoms with E-state index in [0.29, 0.717) is 18.1 Å². The van der Waals surface area contributed by atoms with Gasteiger partial charge in [-0.1, -0.05) is 12.1 Å². The predicted molar refractivity (Wildman–Crippen MR) is 74.5 cm³/mol. The number of hydrogen-bond donors (Lipinski definition) is 1. The topological polar surface area (TPSA) is 57.4 Å². The summed E-state index contributed by atoms with van der Waals surface area (Å²) in [5, 5.41) is 0. The molecule has 0 fully saturated rings. The first-order chi connectivity index (χ1) is 9.20. The van der Waals surface area contributed by atoms with Gasteiger partial charge in [-0.3, -0.25) is 4.98 Å². The summed E-state index contributed by atoms with van der Waals surface area (Å²) >= 11 is 0. The van der Waals surface area contributed by atoms with Crippen molar-refractivity contribution in [2.75, 3.05) is 6.61 Å². The van der Waals surface area contributed by atoms with Gasteiger partial charge < -0.3 is 15.2 Å². The van der Waals surface area contributed by atoms with Gasteiger partial charge in [0.05, 0.1) is 18.5 Å². The fourth-order valence-electron chi connectivity index (χ4n) is 1.66. The maximum absolute atomic E-state index is 5.77. The van der Waals surface area contributed by atoms with Crippen LogP contribution >= 0.6 is 0 Å². The molecule has 1 atom stereocenters. The van der Waals surface area contributed by atoms with Gasteiger partial charge in [-0.05, 0) is 38.1 Å². The number of nitrogens with two attached hydrogens (primary N) is 1. The number of pyridine rings is 1. The van der Waals surface area contributed by atoms with Crippen LogP contribution in [-0.4, -0.2) is 11.6 Å². The number of rotatable bonds is 5. The molecule has 0 aliphatic rings. The summed E-state index contributed by atoms with van der Waals surface area (Å²) < 4.78 is 11.3. The second-order valence-electron chi connectivity index (χ2n) is 4.19. The molecule has 0 spiro atoms. The van der Waals surface area contributed by atoms with E-state index in [1.165, 1.54) is 0 Å². The predicted octanol–water partition coefficient (Wildman–Crippen LogP) is 3.29. The molecule has 0 saturated heterocycles. The van der Waals surface area contributed by atoms with E-state index in [4.69, 9.17) is 15.2 Å². The summed E-state index contributed by atoms with van der Waals surface area (Å²) in [6, 6.07) is 11.2. The van der Waals surface area contributed by atoms with Crippen molar-refractivity contribution in [2.24, 2.45) is 5.73 Å². The van der Waals surface area contributed by atoms with Gasteiger partial charge in [-0.15, -0.1) is 0 Å². The number of hydrogen-bond acceptors (Lipinski definition) is 4. The average molecular weight is 258 g/mol. The molecular formula is C15H18N2O2. The molecule has 2 rings (SSSR count). The quantitative estimate of drug-likeness (QED) is 0.894. The van der Waals surface area contributed by atoms with Crippen LogP contribution in [0.4, 0.5) is 0 Å². The van der Waals surface area contributed by atoms with Gasteiger partial charge in [0.15, 0.2) is 11.5 Å². The summed E-state index contributed by atoms with van der Waals surface area (Å²) in [4.78, 5) is 4.26. The number of para-hydroxylation sites is 2. The van der Waals surface area contributed by atoms with Gasteiger partial charge in [-0.25, -0.2) is 0 Å². The van der Waals surface area contributed by atoms with Crippen LogP contribution in [0.15, 0.2) is 42.6 Å². The fraction of sp³-hybridized carbons (Fsp3) is 0.267. The highest BCUT2D eigenvalue weighted by Gasteiger charge is 2.06. The molecule has 0 aliphatic heterocycles. The Labute approximate surface area is 113 Å². The molecule has 1 aromatic heterocycles. The third kappa shape index (κ3) is 3.45. The zero-order chi connectivity index (χ0) is 13.7. The Hall–Kier alpha value is -2.07. The lowest BCUT2D eigenvalue weighted by atomic mass is 10.2. The third-order valence-corrected chi connectivity index (χ3v) is 2.60. The lowest BCUT2D eigenvalue weighted by molar-refractivity contribution is 0.321. The van der Waals surface area contributed by atoms with Gasteiger partial charge in [0, 0.05) is 6.04 Å². The standard InChI is InChI=1S/C15H18N2O2/c1-3-18-14-6-4-5-7-15(14)19-12-8-9-13(11(2)16)17-10-12/h4-11H,3,16H2,1-2H3/t11-/m0/s1. The Kier molecular flexibility index (Phi) is 4.36. The van der Waals surface area contributed by atoms with Crippen LogP contribution in [0.1, 0.15) is 25.6 Å². The minimum absolute atomic E-state index is 0.0789. The van der Waals surface area contributed by atoms with E-state index in [1.807, 2.05) is 50.2 Å². The van der Waals surface area contributed by atoms with Crippen molar-refractivity contribution in [3.63, 3.8) is 0 Å². The van der Waals surface area contributed by atoms with Crippen molar-refractivity contribution in [1.82, 2.24) is 4.98 Å². The largest absolute Gasteiger partial charge is 0.490 e. The SMILES string of the molecule is CCOc1ccccc1Oc1ccc([C@H](C)N)nc1. The van der Waals surface area contributed by atoms with E-state index in [-0.39, 0.29) is 6.04 Å². The zero-order valence-electron chi connectivity index (χ0n) is 11.2. The molecule has 2 N–H and O–H groups in total. The van der Waals surface area contributed by atoms with E-state index in [9.17, 15) is 0 Å². The first kappa shape index (κ1) is 13.4. The molecule has 0 radical (unpaired) electrons. The number of benzene rings is 1. The summed E-state index contributed by atoms with van der Waals surface area (Å²) in [5.74, 6) is 2.07. The molecule has 4 nitrogen and oxygen atoms in total. The number of nitrogens with zero attached hydrogens (tertiary/aromatic N) is 1. The highest BCUT2D eigenvalue weighted by molar-refractivity contribution is 5.42. The molecule has 1 heterocycles. The van der Waals surface area contributed by atoms with Gasteiger partial charge in [0.2, 0.25) is 0 Å². The van der Waals surface area contributed by atoms with Crippen LogP contribution in [0.5, 0.6) is 17.2 Å². The van der Waals surface area contributed by atoms with E-state index < -0.39 is 0 Å². The average Bonchev–Trinajstić information content (AvgIpc) is 2.42. The smallest absolute Gasteiger partial charge is 0.169 e. The van der Waals surface area contributed by atoms with Crippen molar-refractivity contribution in [3.05, 3.63) is 48.3 Å². The van der Waals surface area contributed by atoms with E-state index in [2.05, 4.69) is 4.98 Å². The van der Waals surface area contributed by atoms with Crippen LogP contribution in [0, 0.1) is 0 Å². The molecule has 0 aliphatic carbocycles. The van der Waals surface area contributed by atoms with Crippen LogP contribution in [0.25, 0.3) is 0 Å². The fourth-order valence-corrected chi connectivity index (χ4v) is 1.66. The van der Waals surface area contributed by atoms with E-state index in [1.54, 1.807) is 6.20 Å². The van der Waals surface area contributed by atoms with Crippen molar-refractivity contribution < 1.29 is 9.47 Å². The second kappa shape index (κ2) is 6.20. The third-order valence-electron chi connectivity index (χ3n) is 2.60. The lowest BCUT2D eigenvalue weighted by Gasteiger charge is -2.11. The molecule has 0 saturated carbocycles. The molecule has 0 bridgehead atoms. The number of aromatic nitrogens is 1. The van der Waals surface area contributed by atoms with Gasteiger partial charge >= 0.3 is 0 Å².